The molecule has 114 valence electrons. The molecule has 0 atom stereocenters. The van der Waals surface area contributed by atoms with Gasteiger partial charge in [-0.25, -0.2) is 0 Å². The van der Waals surface area contributed by atoms with Crippen molar-refractivity contribution in [2.75, 3.05) is 44.4 Å². The van der Waals surface area contributed by atoms with Gasteiger partial charge in [0.25, 0.3) is 0 Å². The van der Waals surface area contributed by atoms with Gasteiger partial charge in [0.1, 0.15) is 0 Å². The molecule has 0 spiro atoms. The van der Waals surface area contributed by atoms with Crippen LogP contribution in [0.5, 0.6) is 0 Å². The summed E-state index contributed by atoms with van der Waals surface area (Å²) >= 11 is 0. The zero-order chi connectivity index (χ0) is 15.4. The first kappa shape index (κ1) is 15.6. The summed E-state index contributed by atoms with van der Waals surface area (Å²) in [5.74, 6) is 0. The maximum absolute atomic E-state index is 5.96. The summed E-state index contributed by atoms with van der Waals surface area (Å²) < 4.78 is 0. The van der Waals surface area contributed by atoms with Crippen molar-refractivity contribution in [2.24, 2.45) is 0 Å². The molecule has 0 aliphatic rings. The number of nitrogen functional groups attached to an aromatic ring is 1. The fraction of sp³-hybridized carbons (Fsp3) is 0.471. The van der Waals surface area contributed by atoms with Crippen molar-refractivity contribution >= 4 is 22.3 Å². The van der Waals surface area contributed by atoms with Gasteiger partial charge in [0.15, 0.2) is 0 Å². The Morgan fingerprint density at radius 1 is 1.14 bits per heavy atom. The number of aryl methyl sites for hydroxylation is 1. The summed E-state index contributed by atoms with van der Waals surface area (Å²) in [6.45, 7) is 7.37. The van der Waals surface area contributed by atoms with Crippen LogP contribution in [0.2, 0.25) is 0 Å². The topological polar surface area (TPSA) is 45.4 Å². The largest absolute Gasteiger partial charge is 0.399 e. The van der Waals surface area contributed by atoms with Crippen molar-refractivity contribution in [1.29, 1.82) is 0 Å². The van der Waals surface area contributed by atoms with E-state index in [4.69, 9.17) is 5.73 Å². The van der Waals surface area contributed by atoms with E-state index < -0.39 is 0 Å². The molecule has 4 heteroatoms. The molecule has 0 saturated heterocycles. The Morgan fingerprint density at radius 2 is 1.90 bits per heavy atom. The highest BCUT2D eigenvalue weighted by Crippen LogP contribution is 2.28. The zero-order valence-corrected chi connectivity index (χ0v) is 13.6. The van der Waals surface area contributed by atoms with Crippen LogP contribution in [-0.2, 0) is 0 Å². The molecular formula is C17H26N4. The van der Waals surface area contributed by atoms with Crippen LogP contribution in [-0.4, -0.2) is 43.6 Å². The standard InChI is InChI=1S/C17H26N4/c1-5-21(10-6-9-20(3)4)17-11-13(2)19-16-8-7-14(18)12-15(16)17/h7-8,11-12H,5-6,9-10,18H2,1-4H3. The quantitative estimate of drug-likeness (QED) is 0.829. The van der Waals surface area contributed by atoms with Gasteiger partial charge in [0.05, 0.1) is 5.52 Å². The van der Waals surface area contributed by atoms with Gasteiger partial charge in [0.2, 0.25) is 0 Å². The van der Waals surface area contributed by atoms with Gasteiger partial charge in [0, 0.05) is 35.5 Å². The molecule has 1 aromatic carbocycles. The van der Waals surface area contributed by atoms with Crippen molar-refractivity contribution in [3.8, 4) is 0 Å². The second-order valence-corrected chi connectivity index (χ2v) is 5.80. The van der Waals surface area contributed by atoms with E-state index in [1.165, 1.54) is 5.69 Å². The van der Waals surface area contributed by atoms with E-state index in [2.05, 4.69) is 41.9 Å². The second kappa shape index (κ2) is 6.76. The minimum atomic E-state index is 0.791. The minimum Gasteiger partial charge on any atom is -0.399 e. The van der Waals surface area contributed by atoms with Crippen molar-refractivity contribution in [2.45, 2.75) is 20.3 Å². The summed E-state index contributed by atoms with van der Waals surface area (Å²) in [6.07, 6.45) is 1.14. The fourth-order valence-corrected chi connectivity index (χ4v) is 2.64. The summed E-state index contributed by atoms with van der Waals surface area (Å²) in [4.78, 5) is 9.25. The van der Waals surface area contributed by atoms with Gasteiger partial charge < -0.3 is 15.5 Å². The third-order valence-corrected chi connectivity index (χ3v) is 3.69. The average Bonchev–Trinajstić information content (AvgIpc) is 2.43. The van der Waals surface area contributed by atoms with Crippen LogP contribution < -0.4 is 10.6 Å². The van der Waals surface area contributed by atoms with E-state index in [0.717, 1.165) is 48.3 Å². The molecule has 0 bridgehead atoms. The van der Waals surface area contributed by atoms with Crippen molar-refractivity contribution in [3.63, 3.8) is 0 Å². The summed E-state index contributed by atoms with van der Waals surface area (Å²) in [5.41, 5.74) is 10.1. The van der Waals surface area contributed by atoms with Gasteiger partial charge in [-0.15, -0.1) is 0 Å². The number of aromatic nitrogens is 1. The predicted molar refractivity (Wildman–Crippen MR) is 92.0 cm³/mol. The van der Waals surface area contributed by atoms with E-state index in [1.807, 2.05) is 25.1 Å². The second-order valence-electron chi connectivity index (χ2n) is 5.80. The number of hydrogen-bond acceptors (Lipinski definition) is 4. The van der Waals surface area contributed by atoms with Crippen LogP contribution in [0.25, 0.3) is 10.9 Å². The van der Waals surface area contributed by atoms with Gasteiger partial charge in [-0.1, -0.05) is 0 Å². The molecule has 0 amide bonds. The normalized spacial score (nSPS) is 11.3. The summed E-state index contributed by atoms with van der Waals surface area (Å²) in [5, 5.41) is 1.15. The molecule has 0 radical (unpaired) electrons. The highest BCUT2D eigenvalue weighted by atomic mass is 15.1. The Balaban J connectivity index is 2.35. The smallest absolute Gasteiger partial charge is 0.0727 e. The van der Waals surface area contributed by atoms with Crippen LogP contribution >= 0.6 is 0 Å². The third-order valence-electron chi connectivity index (χ3n) is 3.69. The van der Waals surface area contributed by atoms with Crippen LogP contribution in [0.15, 0.2) is 24.3 Å². The first-order valence-electron chi connectivity index (χ1n) is 7.58. The number of fused-ring (bicyclic) bond motifs is 1. The Bertz CT molecular complexity index is 607. The fourth-order valence-electron chi connectivity index (χ4n) is 2.64. The van der Waals surface area contributed by atoms with Gasteiger partial charge in [-0.2, -0.15) is 0 Å². The lowest BCUT2D eigenvalue weighted by Crippen LogP contribution is -2.27. The predicted octanol–water partition coefficient (Wildman–Crippen LogP) is 2.90. The van der Waals surface area contributed by atoms with E-state index in [1.54, 1.807) is 0 Å². The Morgan fingerprint density at radius 3 is 2.57 bits per heavy atom. The highest BCUT2D eigenvalue weighted by Gasteiger charge is 2.11. The van der Waals surface area contributed by atoms with Crippen LogP contribution in [0.1, 0.15) is 19.0 Å². The molecule has 0 fully saturated rings. The van der Waals surface area contributed by atoms with Gasteiger partial charge in [-0.05, 0) is 65.2 Å². The molecule has 2 aromatic rings. The molecule has 0 aliphatic carbocycles. The maximum atomic E-state index is 5.96. The SMILES string of the molecule is CCN(CCCN(C)C)c1cc(C)nc2ccc(N)cc12. The van der Waals surface area contributed by atoms with Gasteiger partial charge >= 0.3 is 0 Å². The van der Waals surface area contributed by atoms with Crippen LogP contribution in [0.3, 0.4) is 0 Å². The van der Waals surface area contributed by atoms with E-state index in [9.17, 15) is 0 Å². The zero-order valence-electron chi connectivity index (χ0n) is 13.6. The summed E-state index contributed by atoms with van der Waals surface area (Å²) in [6, 6.07) is 8.13. The molecule has 21 heavy (non-hydrogen) atoms. The molecule has 0 unspecified atom stereocenters. The molecule has 0 saturated carbocycles. The van der Waals surface area contributed by atoms with E-state index in [-0.39, 0.29) is 0 Å². The Hall–Kier alpha value is -1.81. The average molecular weight is 286 g/mol. The van der Waals surface area contributed by atoms with Crippen LogP contribution in [0.4, 0.5) is 11.4 Å². The lowest BCUT2D eigenvalue weighted by Gasteiger charge is -2.26. The number of nitrogens with zero attached hydrogens (tertiary/aromatic N) is 3. The molecule has 1 aromatic heterocycles. The first-order chi connectivity index (χ1) is 10.0. The number of nitrogens with two attached hydrogens (primary N) is 1. The number of benzene rings is 1. The lowest BCUT2D eigenvalue weighted by molar-refractivity contribution is 0.400. The molecular weight excluding hydrogens is 260 g/mol. The molecule has 4 nitrogen and oxygen atoms in total. The molecule has 1 heterocycles. The van der Waals surface area contributed by atoms with E-state index in [0.29, 0.717) is 0 Å². The monoisotopic (exact) mass is 286 g/mol. The van der Waals surface area contributed by atoms with Crippen molar-refractivity contribution in [3.05, 3.63) is 30.0 Å². The number of pyridine rings is 1. The van der Waals surface area contributed by atoms with Crippen molar-refractivity contribution in [1.82, 2.24) is 9.88 Å². The first-order valence-corrected chi connectivity index (χ1v) is 7.58. The Kier molecular flexibility index (Phi) is 5.02. The minimum absolute atomic E-state index is 0.791. The maximum Gasteiger partial charge on any atom is 0.0727 e. The molecule has 0 aliphatic heterocycles. The number of hydrogen-bond donors (Lipinski definition) is 1. The molecule has 2 rings (SSSR count). The van der Waals surface area contributed by atoms with E-state index >= 15 is 0 Å². The van der Waals surface area contributed by atoms with Gasteiger partial charge in [-0.3, -0.25) is 4.98 Å². The molecule has 2 N–H and O–H groups in total. The number of rotatable bonds is 6. The third kappa shape index (κ3) is 3.85. The number of anilines is 2. The highest BCUT2D eigenvalue weighted by molar-refractivity contribution is 5.94. The lowest BCUT2D eigenvalue weighted by atomic mass is 10.1. The van der Waals surface area contributed by atoms with Crippen molar-refractivity contribution < 1.29 is 0 Å². The summed E-state index contributed by atoms with van der Waals surface area (Å²) in [7, 11) is 4.23. The Labute approximate surface area is 127 Å². The van der Waals surface area contributed by atoms with Crippen LogP contribution in [0, 0.1) is 6.92 Å².